The van der Waals surface area contributed by atoms with Gasteiger partial charge in [0, 0.05) is 19.8 Å². The van der Waals surface area contributed by atoms with E-state index in [1.165, 1.54) is 0 Å². The second-order valence-electron chi connectivity index (χ2n) is 4.99. The minimum absolute atomic E-state index is 0.631. The van der Waals surface area contributed by atoms with E-state index in [0.29, 0.717) is 11.7 Å². The maximum Gasteiger partial charge on any atom is 0.166 e. The Bertz CT molecular complexity index is 657. The SMILES string of the molecule is COc1ccc(CCNC(=S)NCc2ccnn2C)cc1OC. The van der Waals surface area contributed by atoms with Crippen molar-refractivity contribution in [2.24, 2.45) is 7.05 Å². The third kappa shape index (κ3) is 4.85. The average molecular weight is 334 g/mol. The molecule has 6 nitrogen and oxygen atoms in total. The van der Waals surface area contributed by atoms with Gasteiger partial charge < -0.3 is 20.1 Å². The van der Waals surface area contributed by atoms with E-state index < -0.39 is 0 Å². The summed E-state index contributed by atoms with van der Waals surface area (Å²) in [7, 11) is 5.17. The first-order valence-corrected chi connectivity index (χ1v) is 7.74. The summed E-state index contributed by atoms with van der Waals surface area (Å²) in [5.74, 6) is 1.47. The molecule has 0 fully saturated rings. The zero-order chi connectivity index (χ0) is 16.7. The van der Waals surface area contributed by atoms with Gasteiger partial charge in [0.2, 0.25) is 0 Å². The van der Waals surface area contributed by atoms with Crippen molar-refractivity contribution in [3.63, 3.8) is 0 Å². The molecule has 0 amide bonds. The maximum absolute atomic E-state index is 5.30. The molecule has 0 aliphatic heterocycles. The predicted octanol–water partition coefficient (Wildman–Crippen LogP) is 1.64. The summed E-state index contributed by atoms with van der Waals surface area (Å²) in [6, 6.07) is 7.87. The molecule has 1 aromatic carbocycles. The summed E-state index contributed by atoms with van der Waals surface area (Å²) in [5, 5.41) is 11.1. The van der Waals surface area contributed by atoms with Crippen molar-refractivity contribution in [3.05, 3.63) is 41.7 Å². The van der Waals surface area contributed by atoms with Crippen LogP contribution in [0.25, 0.3) is 0 Å². The lowest BCUT2D eigenvalue weighted by molar-refractivity contribution is 0.354. The van der Waals surface area contributed by atoms with E-state index in [0.717, 1.165) is 35.7 Å². The molecular weight excluding hydrogens is 312 g/mol. The lowest BCUT2D eigenvalue weighted by atomic mass is 10.1. The normalized spacial score (nSPS) is 10.2. The molecule has 0 aliphatic rings. The van der Waals surface area contributed by atoms with Crippen LogP contribution in [-0.2, 0) is 20.0 Å². The van der Waals surface area contributed by atoms with E-state index in [1.807, 2.05) is 36.0 Å². The molecule has 0 unspecified atom stereocenters. The molecule has 23 heavy (non-hydrogen) atoms. The minimum Gasteiger partial charge on any atom is -0.493 e. The predicted molar refractivity (Wildman–Crippen MR) is 93.9 cm³/mol. The van der Waals surface area contributed by atoms with Gasteiger partial charge in [-0.05, 0) is 42.4 Å². The molecule has 0 saturated carbocycles. The molecule has 0 atom stereocenters. The third-order valence-electron chi connectivity index (χ3n) is 3.50. The monoisotopic (exact) mass is 334 g/mol. The standard InChI is InChI=1S/C16H22N4O2S/c1-20-13(7-9-19-20)11-18-16(23)17-8-6-12-4-5-14(21-2)15(10-12)22-3/h4-5,7,9-10H,6,8,11H2,1-3H3,(H2,17,18,23). The summed E-state index contributed by atoms with van der Waals surface area (Å²) in [5.41, 5.74) is 2.23. The maximum atomic E-state index is 5.30. The zero-order valence-electron chi connectivity index (χ0n) is 13.6. The number of aryl methyl sites for hydroxylation is 1. The number of methoxy groups -OCH3 is 2. The second kappa shape index (κ2) is 8.38. The van der Waals surface area contributed by atoms with Gasteiger partial charge in [-0.15, -0.1) is 0 Å². The summed E-state index contributed by atoms with van der Waals surface area (Å²) in [4.78, 5) is 0. The fourth-order valence-electron chi connectivity index (χ4n) is 2.16. The molecule has 1 heterocycles. The van der Waals surface area contributed by atoms with Gasteiger partial charge in [-0.25, -0.2) is 0 Å². The van der Waals surface area contributed by atoms with Crippen LogP contribution in [-0.4, -0.2) is 35.7 Å². The molecule has 124 valence electrons. The largest absolute Gasteiger partial charge is 0.493 e. The molecular formula is C16H22N4O2S. The Balaban J connectivity index is 1.76. The van der Waals surface area contributed by atoms with Gasteiger partial charge in [-0.2, -0.15) is 5.10 Å². The Kier molecular flexibility index (Phi) is 6.22. The molecule has 0 spiro atoms. The molecule has 2 N–H and O–H groups in total. The first-order valence-electron chi connectivity index (χ1n) is 7.33. The number of aromatic nitrogens is 2. The van der Waals surface area contributed by atoms with Gasteiger partial charge in [0.25, 0.3) is 0 Å². The topological polar surface area (TPSA) is 60.3 Å². The van der Waals surface area contributed by atoms with Crippen LogP contribution in [0.1, 0.15) is 11.3 Å². The van der Waals surface area contributed by atoms with Crippen molar-refractivity contribution in [3.8, 4) is 11.5 Å². The van der Waals surface area contributed by atoms with Gasteiger partial charge in [-0.1, -0.05) is 6.07 Å². The number of ether oxygens (including phenoxy) is 2. The molecule has 0 aliphatic carbocycles. The number of hydrogen-bond acceptors (Lipinski definition) is 4. The second-order valence-corrected chi connectivity index (χ2v) is 5.40. The van der Waals surface area contributed by atoms with Gasteiger partial charge in [0.1, 0.15) is 0 Å². The fourth-order valence-corrected chi connectivity index (χ4v) is 2.34. The molecule has 0 saturated heterocycles. The van der Waals surface area contributed by atoms with E-state index >= 15 is 0 Å². The van der Waals surface area contributed by atoms with Crippen LogP contribution in [0.5, 0.6) is 11.5 Å². The van der Waals surface area contributed by atoms with Crippen LogP contribution in [0.2, 0.25) is 0 Å². The quantitative estimate of drug-likeness (QED) is 0.751. The zero-order valence-corrected chi connectivity index (χ0v) is 14.4. The van der Waals surface area contributed by atoms with E-state index in [2.05, 4.69) is 15.7 Å². The molecule has 1 aromatic heterocycles. The van der Waals surface area contributed by atoms with E-state index in [9.17, 15) is 0 Å². The van der Waals surface area contributed by atoms with Crippen molar-refractivity contribution in [1.29, 1.82) is 0 Å². The third-order valence-corrected chi connectivity index (χ3v) is 3.79. The highest BCUT2D eigenvalue weighted by atomic mass is 32.1. The Labute approximate surface area is 141 Å². The van der Waals surface area contributed by atoms with Crippen molar-refractivity contribution in [2.45, 2.75) is 13.0 Å². The number of thiocarbonyl (C=S) groups is 1. The lowest BCUT2D eigenvalue weighted by Gasteiger charge is -2.12. The van der Waals surface area contributed by atoms with Gasteiger partial charge >= 0.3 is 0 Å². The summed E-state index contributed by atoms with van der Waals surface area (Å²) >= 11 is 5.28. The first-order chi connectivity index (χ1) is 11.1. The number of nitrogens with one attached hydrogen (secondary N) is 2. The van der Waals surface area contributed by atoms with Crippen molar-refractivity contribution >= 4 is 17.3 Å². The van der Waals surface area contributed by atoms with Crippen molar-refractivity contribution in [2.75, 3.05) is 20.8 Å². The number of nitrogens with zero attached hydrogens (tertiary/aromatic N) is 2. The van der Waals surface area contributed by atoms with Gasteiger partial charge in [-0.3, -0.25) is 4.68 Å². The van der Waals surface area contributed by atoms with Crippen LogP contribution < -0.4 is 20.1 Å². The summed E-state index contributed by atoms with van der Waals surface area (Å²) < 4.78 is 12.4. The molecule has 7 heteroatoms. The average Bonchev–Trinajstić information content (AvgIpc) is 2.97. The van der Waals surface area contributed by atoms with Crippen molar-refractivity contribution < 1.29 is 9.47 Å². The minimum atomic E-state index is 0.631. The van der Waals surface area contributed by atoms with Crippen LogP contribution in [0.15, 0.2) is 30.5 Å². The molecule has 2 aromatic rings. The Hall–Kier alpha value is -2.28. The highest BCUT2D eigenvalue weighted by Gasteiger charge is 2.05. The van der Waals surface area contributed by atoms with Crippen molar-refractivity contribution in [1.82, 2.24) is 20.4 Å². The Morgan fingerprint density at radius 2 is 1.96 bits per heavy atom. The van der Waals surface area contributed by atoms with Crippen LogP contribution in [0.3, 0.4) is 0 Å². The number of rotatable bonds is 7. The van der Waals surface area contributed by atoms with E-state index in [-0.39, 0.29) is 0 Å². The lowest BCUT2D eigenvalue weighted by Crippen LogP contribution is -2.36. The van der Waals surface area contributed by atoms with Gasteiger partial charge in [0.05, 0.1) is 26.5 Å². The summed E-state index contributed by atoms with van der Waals surface area (Å²) in [6.45, 7) is 1.39. The summed E-state index contributed by atoms with van der Waals surface area (Å²) in [6.07, 6.45) is 2.61. The van der Waals surface area contributed by atoms with Crippen LogP contribution in [0.4, 0.5) is 0 Å². The van der Waals surface area contributed by atoms with E-state index in [1.54, 1.807) is 20.4 Å². The van der Waals surface area contributed by atoms with E-state index in [4.69, 9.17) is 21.7 Å². The molecule has 0 radical (unpaired) electrons. The molecule has 0 bridgehead atoms. The highest BCUT2D eigenvalue weighted by molar-refractivity contribution is 7.80. The Morgan fingerprint density at radius 3 is 2.61 bits per heavy atom. The smallest absolute Gasteiger partial charge is 0.166 e. The fraction of sp³-hybridized carbons (Fsp3) is 0.375. The highest BCUT2D eigenvalue weighted by Crippen LogP contribution is 2.27. The number of hydrogen-bond donors (Lipinski definition) is 2. The van der Waals surface area contributed by atoms with Gasteiger partial charge in [0.15, 0.2) is 16.6 Å². The van der Waals surface area contributed by atoms with Crippen LogP contribution >= 0.6 is 12.2 Å². The Morgan fingerprint density at radius 1 is 1.17 bits per heavy atom. The molecule has 2 rings (SSSR count). The van der Waals surface area contributed by atoms with Crippen LogP contribution in [0, 0.1) is 0 Å². The first kappa shape index (κ1) is 17.1. The number of benzene rings is 1.